The lowest BCUT2D eigenvalue weighted by Crippen LogP contribution is -2.35. The second kappa shape index (κ2) is 9.09. The van der Waals surface area contributed by atoms with Crippen molar-refractivity contribution < 1.29 is 19.7 Å². The molecule has 3 atom stereocenters. The van der Waals surface area contributed by atoms with Gasteiger partial charge in [-0.1, -0.05) is 12.1 Å². The van der Waals surface area contributed by atoms with Crippen LogP contribution in [0.3, 0.4) is 0 Å². The Labute approximate surface area is 172 Å². The van der Waals surface area contributed by atoms with Crippen molar-refractivity contribution >= 4 is 17.1 Å². The number of nitrogens with zero attached hydrogens (tertiary/aromatic N) is 1. The van der Waals surface area contributed by atoms with Gasteiger partial charge in [-0.15, -0.1) is 0 Å². The molecule has 0 aromatic heterocycles. The topological polar surface area (TPSA) is 91.2 Å². The molecule has 3 rings (SSSR count). The second-order valence-electron chi connectivity index (χ2n) is 8.29. The number of methoxy groups -OCH3 is 1. The molecule has 3 N–H and O–H groups in total. The molecule has 1 fully saturated rings. The third kappa shape index (κ3) is 4.70. The molecule has 0 aliphatic heterocycles. The first-order valence-corrected chi connectivity index (χ1v) is 10.4. The highest BCUT2D eigenvalue weighted by Crippen LogP contribution is 2.39. The van der Waals surface area contributed by atoms with Crippen LogP contribution in [0.4, 0.5) is 0 Å². The summed E-state index contributed by atoms with van der Waals surface area (Å²) in [6.07, 6.45) is 5.37. The average Bonchev–Trinajstić information content (AvgIpc) is 3.00. The number of ether oxygens (including phenoxy) is 1. The summed E-state index contributed by atoms with van der Waals surface area (Å²) in [5.41, 5.74) is 6.87. The average molecular weight is 401 g/mol. The Hall–Kier alpha value is -2.18. The van der Waals surface area contributed by atoms with Crippen LogP contribution >= 0.6 is 0 Å². The number of rotatable bonds is 7. The number of carbonyl (C=O) groups excluding carboxylic acids is 1. The summed E-state index contributed by atoms with van der Waals surface area (Å²) in [5.74, 6) is 1.08. The van der Waals surface area contributed by atoms with Gasteiger partial charge in [-0.2, -0.15) is 5.10 Å². The van der Waals surface area contributed by atoms with Gasteiger partial charge in [0.05, 0.1) is 37.0 Å². The van der Waals surface area contributed by atoms with E-state index in [1.54, 1.807) is 7.11 Å². The SMILES string of the molecule is COc1ccc2c(c1)CCC/C2=C\C[C@@]1(C)C(=O)CC/C1=N\NCC(O)[C@@H](C)O. The van der Waals surface area contributed by atoms with E-state index in [4.69, 9.17) is 4.74 Å². The third-order valence-corrected chi connectivity index (χ3v) is 6.22. The standard InChI is InChI=1S/C23H32N2O4/c1-15(26)20(27)14-24-25-21-9-10-22(28)23(21,2)12-11-16-5-4-6-17-13-18(29-3)7-8-19(16)17/h7-8,11,13,15,20,24,26-27H,4-6,9-10,12,14H2,1-3H3/b16-11+,25-21+/t15-,20?,23-/m1/s1. The summed E-state index contributed by atoms with van der Waals surface area (Å²) in [6.45, 7) is 3.65. The summed E-state index contributed by atoms with van der Waals surface area (Å²) in [4.78, 5) is 12.7. The Morgan fingerprint density at radius 1 is 1.28 bits per heavy atom. The number of fused-ring (bicyclic) bond motifs is 1. The molecule has 0 bridgehead atoms. The van der Waals surface area contributed by atoms with Crippen molar-refractivity contribution in [2.24, 2.45) is 10.5 Å². The molecule has 0 saturated heterocycles. The number of ketones is 1. The number of carbonyl (C=O) groups is 1. The predicted molar refractivity (Wildman–Crippen MR) is 114 cm³/mol. The number of hydrogen-bond donors (Lipinski definition) is 3. The smallest absolute Gasteiger partial charge is 0.145 e. The number of Topliss-reactive ketones (excluding diaryl/α,β-unsaturated/α-hetero) is 1. The molecule has 0 spiro atoms. The normalized spacial score (nSPS) is 26.4. The molecule has 1 unspecified atom stereocenters. The minimum Gasteiger partial charge on any atom is -0.497 e. The van der Waals surface area contributed by atoms with Crippen LogP contribution in [-0.4, -0.2) is 47.6 Å². The van der Waals surface area contributed by atoms with Crippen molar-refractivity contribution in [3.8, 4) is 5.75 Å². The van der Waals surface area contributed by atoms with Crippen LogP contribution in [0, 0.1) is 5.41 Å². The van der Waals surface area contributed by atoms with Gasteiger partial charge in [-0.25, -0.2) is 0 Å². The molecule has 6 nitrogen and oxygen atoms in total. The largest absolute Gasteiger partial charge is 0.497 e. The fraction of sp³-hybridized carbons (Fsp3) is 0.565. The molecule has 1 aromatic carbocycles. The van der Waals surface area contributed by atoms with Gasteiger partial charge in [0.15, 0.2) is 0 Å². The van der Waals surface area contributed by atoms with Gasteiger partial charge in [-0.05, 0) is 74.8 Å². The number of hydrogen-bond acceptors (Lipinski definition) is 6. The van der Waals surface area contributed by atoms with Crippen LogP contribution in [0.15, 0.2) is 29.4 Å². The molecular formula is C23H32N2O4. The van der Waals surface area contributed by atoms with E-state index in [0.717, 1.165) is 30.7 Å². The van der Waals surface area contributed by atoms with Crippen LogP contribution in [0.1, 0.15) is 57.1 Å². The van der Waals surface area contributed by atoms with E-state index < -0.39 is 17.6 Å². The number of aliphatic hydroxyl groups excluding tert-OH is 2. The van der Waals surface area contributed by atoms with E-state index in [9.17, 15) is 15.0 Å². The molecule has 29 heavy (non-hydrogen) atoms. The summed E-state index contributed by atoms with van der Waals surface area (Å²) in [6, 6.07) is 6.21. The van der Waals surface area contributed by atoms with Crippen LogP contribution in [0.5, 0.6) is 5.75 Å². The van der Waals surface area contributed by atoms with Gasteiger partial charge < -0.3 is 20.4 Å². The highest BCUT2D eigenvalue weighted by Gasteiger charge is 2.42. The van der Waals surface area contributed by atoms with E-state index in [1.165, 1.54) is 23.6 Å². The van der Waals surface area contributed by atoms with Crippen LogP contribution in [0.25, 0.3) is 5.57 Å². The van der Waals surface area contributed by atoms with Crippen LogP contribution in [-0.2, 0) is 11.2 Å². The first kappa shape index (κ1) is 21.5. The first-order valence-electron chi connectivity index (χ1n) is 10.4. The van der Waals surface area contributed by atoms with Crippen molar-refractivity contribution in [1.29, 1.82) is 0 Å². The minimum atomic E-state index is -0.888. The van der Waals surface area contributed by atoms with Gasteiger partial charge in [-0.3, -0.25) is 4.79 Å². The molecule has 2 aliphatic rings. The Morgan fingerprint density at radius 2 is 2.07 bits per heavy atom. The highest BCUT2D eigenvalue weighted by atomic mass is 16.5. The Balaban J connectivity index is 1.76. The summed E-state index contributed by atoms with van der Waals surface area (Å²) < 4.78 is 5.35. The van der Waals surface area contributed by atoms with Gasteiger partial charge in [0, 0.05) is 6.42 Å². The Bertz CT molecular complexity index is 815. The maximum Gasteiger partial charge on any atom is 0.145 e. The zero-order chi connectivity index (χ0) is 21.0. The minimum absolute atomic E-state index is 0.154. The Kier molecular flexibility index (Phi) is 6.75. The van der Waals surface area contributed by atoms with E-state index in [-0.39, 0.29) is 12.3 Å². The number of nitrogens with one attached hydrogen (secondary N) is 1. The fourth-order valence-electron chi connectivity index (χ4n) is 4.12. The number of allylic oxidation sites excluding steroid dienone is 2. The molecule has 1 aromatic rings. The monoisotopic (exact) mass is 400 g/mol. The summed E-state index contributed by atoms with van der Waals surface area (Å²) >= 11 is 0. The molecular weight excluding hydrogens is 368 g/mol. The number of hydrazone groups is 1. The lowest BCUT2D eigenvalue weighted by molar-refractivity contribution is -0.123. The van der Waals surface area contributed by atoms with Crippen LogP contribution < -0.4 is 10.2 Å². The molecule has 2 aliphatic carbocycles. The van der Waals surface area contributed by atoms with Gasteiger partial charge in [0.2, 0.25) is 0 Å². The van der Waals surface area contributed by atoms with Gasteiger partial charge >= 0.3 is 0 Å². The molecule has 1 saturated carbocycles. The molecule has 0 radical (unpaired) electrons. The molecule has 158 valence electrons. The van der Waals surface area contributed by atoms with E-state index in [2.05, 4.69) is 28.7 Å². The van der Waals surface area contributed by atoms with Crippen molar-refractivity contribution in [2.45, 2.75) is 64.6 Å². The van der Waals surface area contributed by atoms with Crippen LogP contribution in [0.2, 0.25) is 0 Å². The van der Waals surface area contributed by atoms with Crippen molar-refractivity contribution in [3.63, 3.8) is 0 Å². The summed E-state index contributed by atoms with van der Waals surface area (Å²) in [5, 5.41) is 23.5. The Morgan fingerprint density at radius 3 is 2.79 bits per heavy atom. The van der Waals surface area contributed by atoms with Crippen molar-refractivity contribution in [3.05, 3.63) is 35.4 Å². The zero-order valence-electron chi connectivity index (χ0n) is 17.6. The van der Waals surface area contributed by atoms with Crippen molar-refractivity contribution in [1.82, 2.24) is 5.43 Å². The lowest BCUT2D eigenvalue weighted by atomic mass is 9.80. The number of aliphatic hydroxyl groups is 2. The van der Waals surface area contributed by atoms with Crippen molar-refractivity contribution in [2.75, 3.05) is 13.7 Å². The summed E-state index contributed by atoms with van der Waals surface area (Å²) in [7, 11) is 1.68. The number of benzene rings is 1. The molecule has 6 heteroatoms. The first-order chi connectivity index (χ1) is 13.8. The highest BCUT2D eigenvalue weighted by molar-refractivity contribution is 6.15. The zero-order valence-corrected chi connectivity index (χ0v) is 17.6. The quantitative estimate of drug-likeness (QED) is 0.612. The predicted octanol–water partition coefficient (Wildman–Crippen LogP) is 2.86. The number of aryl methyl sites for hydroxylation is 1. The fourth-order valence-corrected chi connectivity index (χ4v) is 4.12. The van der Waals surface area contributed by atoms with Gasteiger partial charge in [0.1, 0.15) is 11.5 Å². The van der Waals surface area contributed by atoms with E-state index in [1.807, 2.05) is 13.0 Å². The maximum absolute atomic E-state index is 12.7. The van der Waals surface area contributed by atoms with Gasteiger partial charge in [0.25, 0.3) is 0 Å². The molecule has 0 heterocycles. The second-order valence-corrected chi connectivity index (χ2v) is 8.29. The van der Waals surface area contributed by atoms with E-state index in [0.29, 0.717) is 19.3 Å². The lowest BCUT2D eigenvalue weighted by Gasteiger charge is -2.24. The third-order valence-electron chi connectivity index (χ3n) is 6.22. The molecule has 0 amide bonds. The van der Waals surface area contributed by atoms with E-state index >= 15 is 0 Å². The maximum atomic E-state index is 12.7.